The number of carbonyl (C=O) groups excluding carboxylic acids is 1. The fraction of sp³-hybridized carbons (Fsp3) is 0.368. The molecule has 2 aliphatic rings. The number of pyridine rings is 1. The average Bonchev–Trinajstić information content (AvgIpc) is 3.44. The first kappa shape index (κ1) is 14.6. The summed E-state index contributed by atoms with van der Waals surface area (Å²) in [5.74, 6) is 2.35. The molecule has 1 amide bonds. The summed E-state index contributed by atoms with van der Waals surface area (Å²) in [6.45, 7) is 3.89. The van der Waals surface area contributed by atoms with Crippen molar-refractivity contribution in [2.75, 3.05) is 6.54 Å². The third-order valence-electron chi connectivity index (χ3n) is 5.19. The molecule has 0 atom stereocenters. The van der Waals surface area contributed by atoms with Gasteiger partial charge in [0.15, 0.2) is 5.82 Å². The van der Waals surface area contributed by atoms with Crippen LogP contribution >= 0.6 is 0 Å². The van der Waals surface area contributed by atoms with Crippen molar-refractivity contribution >= 4 is 16.8 Å². The molecule has 0 bridgehead atoms. The second kappa shape index (κ2) is 5.37. The molecule has 0 N–H and O–H groups in total. The van der Waals surface area contributed by atoms with Gasteiger partial charge in [-0.25, -0.2) is 0 Å². The van der Waals surface area contributed by atoms with Crippen LogP contribution in [0.1, 0.15) is 46.5 Å². The van der Waals surface area contributed by atoms with Crippen molar-refractivity contribution in [2.45, 2.75) is 38.8 Å². The molecule has 6 heteroatoms. The number of amides is 1. The maximum Gasteiger partial charge on any atom is 0.255 e. The highest BCUT2D eigenvalue weighted by molar-refractivity contribution is 6.06. The first-order chi connectivity index (χ1) is 12.2. The van der Waals surface area contributed by atoms with Gasteiger partial charge >= 0.3 is 0 Å². The lowest BCUT2D eigenvalue weighted by molar-refractivity contribution is 0.0708. The van der Waals surface area contributed by atoms with Crippen molar-refractivity contribution in [1.82, 2.24) is 24.6 Å². The van der Waals surface area contributed by atoms with Gasteiger partial charge in [0.25, 0.3) is 5.91 Å². The minimum atomic E-state index is 0.0624. The van der Waals surface area contributed by atoms with E-state index in [1.165, 1.54) is 12.8 Å². The Bertz CT molecular complexity index is 989. The second-order valence-corrected chi connectivity index (χ2v) is 6.93. The molecule has 25 heavy (non-hydrogen) atoms. The Labute approximate surface area is 145 Å². The molecule has 1 saturated carbocycles. The van der Waals surface area contributed by atoms with E-state index in [0.29, 0.717) is 19.0 Å². The Morgan fingerprint density at radius 1 is 1.16 bits per heavy atom. The van der Waals surface area contributed by atoms with Gasteiger partial charge in [0.2, 0.25) is 0 Å². The summed E-state index contributed by atoms with van der Waals surface area (Å²) in [4.78, 5) is 19.9. The molecular weight excluding hydrogens is 314 g/mol. The van der Waals surface area contributed by atoms with Gasteiger partial charge < -0.3 is 9.47 Å². The predicted molar refractivity (Wildman–Crippen MR) is 93.2 cm³/mol. The summed E-state index contributed by atoms with van der Waals surface area (Å²) in [5.41, 5.74) is 2.72. The van der Waals surface area contributed by atoms with Crippen molar-refractivity contribution < 1.29 is 4.79 Å². The van der Waals surface area contributed by atoms with Crippen LogP contribution in [-0.2, 0) is 13.1 Å². The largest absolute Gasteiger partial charge is 0.329 e. The molecule has 1 aliphatic carbocycles. The molecule has 0 unspecified atom stereocenters. The summed E-state index contributed by atoms with van der Waals surface area (Å²) >= 11 is 0. The molecule has 3 aromatic rings. The van der Waals surface area contributed by atoms with Crippen LogP contribution in [0, 0.1) is 6.92 Å². The lowest BCUT2D eigenvalue weighted by Gasteiger charge is -2.28. The van der Waals surface area contributed by atoms with Crippen molar-refractivity contribution in [3.05, 3.63) is 53.2 Å². The van der Waals surface area contributed by atoms with Gasteiger partial charge in [-0.1, -0.05) is 18.2 Å². The van der Waals surface area contributed by atoms with Crippen molar-refractivity contribution in [2.24, 2.45) is 0 Å². The minimum Gasteiger partial charge on any atom is -0.329 e. The zero-order chi connectivity index (χ0) is 17.0. The molecule has 1 aliphatic heterocycles. The smallest absolute Gasteiger partial charge is 0.255 e. The monoisotopic (exact) mass is 333 g/mol. The standard InChI is InChI=1S/C19H19N5O/c1-12-21-22-18-11-23(8-9-24(12)18)19(25)15-10-17(13-6-7-13)20-16-5-3-2-4-14(15)16/h2-5,10,13H,6-9,11H2,1H3. The fourth-order valence-corrected chi connectivity index (χ4v) is 3.61. The molecule has 2 aromatic heterocycles. The maximum atomic E-state index is 13.3. The van der Waals surface area contributed by atoms with Crippen molar-refractivity contribution in [1.29, 1.82) is 0 Å². The van der Waals surface area contributed by atoms with Gasteiger partial charge in [-0.3, -0.25) is 9.78 Å². The van der Waals surface area contributed by atoms with E-state index in [-0.39, 0.29) is 5.91 Å². The third-order valence-corrected chi connectivity index (χ3v) is 5.19. The van der Waals surface area contributed by atoms with Crippen LogP contribution in [0.4, 0.5) is 0 Å². The number of benzene rings is 1. The summed E-state index contributed by atoms with van der Waals surface area (Å²) < 4.78 is 2.09. The molecule has 0 radical (unpaired) electrons. The normalized spacial score (nSPS) is 16.9. The van der Waals surface area contributed by atoms with E-state index in [1.807, 2.05) is 42.2 Å². The number of aromatic nitrogens is 4. The Morgan fingerprint density at radius 2 is 2.00 bits per heavy atom. The zero-order valence-corrected chi connectivity index (χ0v) is 14.1. The summed E-state index contributed by atoms with van der Waals surface area (Å²) in [5, 5.41) is 9.26. The quantitative estimate of drug-likeness (QED) is 0.723. The van der Waals surface area contributed by atoms with Crippen LogP contribution in [0.3, 0.4) is 0 Å². The fourth-order valence-electron chi connectivity index (χ4n) is 3.61. The van der Waals surface area contributed by atoms with E-state index >= 15 is 0 Å². The predicted octanol–water partition coefficient (Wildman–Crippen LogP) is 2.67. The molecular formula is C19H19N5O. The third kappa shape index (κ3) is 2.40. The topological polar surface area (TPSA) is 63.9 Å². The number of fused-ring (bicyclic) bond motifs is 2. The molecule has 3 heterocycles. The first-order valence-corrected chi connectivity index (χ1v) is 8.78. The van der Waals surface area contributed by atoms with E-state index in [0.717, 1.165) is 40.4 Å². The lowest BCUT2D eigenvalue weighted by atomic mass is 10.0. The number of hydrogen-bond acceptors (Lipinski definition) is 4. The summed E-state index contributed by atoms with van der Waals surface area (Å²) in [7, 11) is 0. The van der Waals surface area contributed by atoms with Gasteiger partial charge in [-0.15, -0.1) is 10.2 Å². The number of aryl methyl sites for hydroxylation is 1. The highest BCUT2D eigenvalue weighted by atomic mass is 16.2. The average molecular weight is 333 g/mol. The molecule has 0 saturated heterocycles. The van der Waals surface area contributed by atoms with Gasteiger partial charge in [0.1, 0.15) is 5.82 Å². The Kier molecular flexibility index (Phi) is 3.13. The van der Waals surface area contributed by atoms with Gasteiger partial charge in [-0.2, -0.15) is 0 Å². The molecule has 6 nitrogen and oxygen atoms in total. The van der Waals surface area contributed by atoms with E-state index in [2.05, 4.69) is 14.8 Å². The maximum absolute atomic E-state index is 13.3. The summed E-state index contributed by atoms with van der Waals surface area (Å²) in [6.07, 6.45) is 2.34. The van der Waals surface area contributed by atoms with Crippen molar-refractivity contribution in [3.63, 3.8) is 0 Å². The number of hydrogen-bond donors (Lipinski definition) is 0. The molecule has 126 valence electrons. The van der Waals surface area contributed by atoms with E-state index in [1.54, 1.807) is 0 Å². The zero-order valence-electron chi connectivity index (χ0n) is 14.1. The number of nitrogens with zero attached hydrogens (tertiary/aromatic N) is 5. The van der Waals surface area contributed by atoms with Crippen LogP contribution < -0.4 is 0 Å². The van der Waals surface area contributed by atoms with Crippen molar-refractivity contribution in [3.8, 4) is 0 Å². The first-order valence-electron chi connectivity index (χ1n) is 8.78. The molecule has 1 aromatic carbocycles. The van der Waals surface area contributed by atoms with Crippen LogP contribution in [0.5, 0.6) is 0 Å². The SMILES string of the molecule is Cc1nnc2n1CCN(C(=O)c1cc(C3CC3)nc3ccccc13)C2. The highest BCUT2D eigenvalue weighted by Gasteiger charge is 2.29. The van der Waals surface area contributed by atoms with Gasteiger partial charge in [-0.05, 0) is 31.9 Å². The number of para-hydroxylation sites is 1. The van der Waals surface area contributed by atoms with Crippen LogP contribution in [-0.4, -0.2) is 37.1 Å². The number of carbonyl (C=O) groups is 1. The van der Waals surface area contributed by atoms with Gasteiger partial charge in [0, 0.05) is 30.1 Å². The number of rotatable bonds is 2. The second-order valence-electron chi connectivity index (χ2n) is 6.93. The Morgan fingerprint density at radius 3 is 2.84 bits per heavy atom. The minimum absolute atomic E-state index is 0.0624. The Hall–Kier alpha value is -2.76. The van der Waals surface area contributed by atoms with E-state index in [4.69, 9.17) is 4.98 Å². The van der Waals surface area contributed by atoms with Crippen LogP contribution in [0.15, 0.2) is 30.3 Å². The Balaban J connectivity index is 1.55. The van der Waals surface area contributed by atoms with E-state index in [9.17, 15) is 4.79 Å². The van der Waals surface area contributed by atoms with Gasteiger partial charge in [0.05, 0.1) is 17.6 Å². The molecule has 1 fully saturated rings. The lowest BCUT2D eigenvalue weighted by Crippen LogP contribution is -2.38. The highest BCUT2D eigenvalue weighted by Crippen LogP contribution is 2.40. The van der Waals surface area contributed by atoms with Crippen LogP contribution in [0.25, 0.3) is 10.9 Å². The molecule has 5 rings (SSSR count). The summed E-state index contributed by atoms with van der Waals surface area (Å²) in [6, 6.07) is 9.93. The molecule has 0 spiro atoms. The van der Waals surface area contributed by atoms with E-state index < -0.39 is 0 Å². The van der Waals surface area contributed by atoms with Crippen LogP contribution in [0.2, 0.25) is 0 Å².